The first kappa shape index (κ1) is 19.7. The van der Waals surface area contributed by atoms with Gasteiger partial charge in [0.15, 0.2) is 5.82 Å². The first-order chi connectivity index (χ1) is 13.6. The monoisotopic (exact) mass is 400 g/mol. The molecule has 2 aromatic heterocycles. The fourth-order valence-corrected chi connectivity index (χ4v) is 3.55. The zero-order chi connectivity index (χ0) is 19.9. The van der Waals surface area contributed by atoms with E-state index in [2.05, 4.69) is 21.5 Å². The van der Waals surface area contributed by atoms with Crippen LogP contribution in [0.25, 0.3) is 0 Å². The number of amides is 2. The second kappa shape index (κ2) is 9.23. The predicted octanol–water partition coefficient (Wildman–Crippen LogP) is 1.27. The molecule has 0 radical (unpaired) electrons. The number of hydrogen-bond donors (Lipinski definition) is 1. The minimum Gasteiger partial charge on any atom is -0.360 e. The average molecular weight is 400 g/mol. The number of aryl methyl sites for hydroxylation is 1. The summed E-state index contributed by atoms with van der Waals surface area (Å²) in [6.07, 6.45) is 1.66. The Hall–Kier alpha value is -3.06. The van der Waals surface area contributed by atoms with Gasteiger partial charge in [-0.2, -0.15) is 5.26 Å². The third-order valence-corrected chi connectivity index (χ3v) is 5.11. The molecule has 9 nitrogen and oxygen atoms in total. The number of nitrogens with one attached hydrogen (secondary N) is 1. The van der Waals surface area contributed by atoms with Crippen molar-refractivity contribution in [2.45, 2.75) is 6.92 Å². The smallest absolute Gasteiger partial charge is 0.235 e. The van der Waals surface area contributed by atoms with Crippen molar-refractivity contribution in [1.82, 2.24) is 15.0 Å². The molecular formula is C18H20N6O3S. The van der Waals surface area contributed by atoms with E-state index in [-0.39, 0.29) is 23.3 Å². The summed E-state index contributed by atoms with van der Waals surface area (Å²) in [5, 5.41) is 15.5. The Morgan fingerprint density at radius 2 is 2.11 bits per heavy atom. The largest absolute Gasteiger partial charge is 0.360 e. The fraction of sp³-hybridized carbons (Fsp3) is 0.389. The standard InChI is InChI=1S/C18H20N6O3S/c1-13-9-15(22-27-13)21-16(25)11-28-12-17(26)23-5-7-24(8-6-23)18-14(10-19)3-2-4-20-18/h2-4,9H,5-8,11-12H2,1H3,(H,21,22,25). The van der Waals surface area contributed by atoms with Gasteiger partial charge in [-0.25, -0.2) is 4.98 Å². The lowest BCUT2D eigenvalue weighted by molar-refractivity contribution is -0.128. The van der Waals surface area contributed by atoms with E-state index in [9.17, 15) is 14.9 Å². The summed E-state index contributed by atoms with van der Waals surface area (Å²) in [4.78, 5) is 32.3. The zero-order valence-corrected chi connectivity index (χ0v) is 16.2. The van der Waals surface area contributed by atoms with Crippen molar-refractivity contribution in [3.05, 3.63) is 35.7 Å². The molecule has 2 aromatic rings. The Labute approximate surface area is 166 Å². The van der Waals surface area contributed by atoms with Gasteiger partial charge >= 0.3 is 0 Å². The predicted molar refractivity (Wildman–Crippen MR) is 105 cm³/mol. The SMILES string of the molecule is Cc1cc(NC(=O)CSCC(=O)N2CCN(c3ncccc3C#N)CC2)no1. The molecule has 10 heteroatoms. The highest BCUT2D eigenvalue weighted by Gasteiger charge is 2.23. The molecule has 0 saturated carbocycles. The Morgan fingerprint density at radius 3 is 2.79 bits per heavy atom. The van der Waals surface area contributed by atoms with E-state index in [0.717, 1.165) is 0 Å². The number of anilines is 2. The minimum atomic E-state index is -0.227. The molecule has 0 bridgehead atoms. The Bertz CT molecular complexity index is 885. The van der Waals surface area contributed by atoms with Crippen LogP contribution in [0.4, 0.5) is 11.6 Å². The van der Waals surface area contributed by atoms with Gasteiger partial charge in [-0.15, -0.1) is 11.8 Å². The Kier molecular flexibility index (Phi) is 6.49. The minimum absolute atomic E-state index is 0.00346. The van der Waals surface area contributed by atoms with Gasteiger partial charge in [0.25, 0.3) is 0 Å². The van der Waals surface area contributed by atoms with Crippen LogP contribution in [0, 0.1) is 18.3 Å². The van der Waals surface area contributed by atoms with Crippen LogP contribution in [-0.4, -0.2) is 64.5 Å². The summed E-state index contributed by atoms with van der Waals surface area (Å²) in [5.41, 5.74) is 0.533. The van der Waals surface area contributed by atoms with Crippen molar-refractivity contribution in [2.24, 2.45) is 0 Å². The summed E-state index contributed by atoms with van der Waals surface area (Å²) < 4.78 is 4.88. The van der Waals surface area contributed by atoms with E-state index in [1.54, 1.807) is 36.2 Å². The van der Waals surface area contributed by atoms with Crippen molar-refractivity contribution in [1.29, 1.82) is 5.26 Å². The number of pyridine rings is 1. The number of nitriles is 1. The number of aromatic nitrogens is 2. The molecule has 1 aliphatic heterocycles. The Balaban J connectivity index is 1.40. The van der Waals surface area contributed by atoms with Crippen LogP contribution in [0.2, 0.25) is 0 Å². The molecule has 146 valence electrons. The number of piperazine rings is 1. The van der Waals surface area contributed by atoms with Gasteiger partial charge in [-0.3, -0.25) is 9.59 Å². The van der Waals surface area contributed by atoms with Crippen molar-refractivity contribution in [2.75, 3.05) is 47.9 Å². The molecule has 0 spiro atoms. The van der Waals surface area contributed by atoms with E-state index in [4.69, 9.17) is 4.52 Å². The number of hydrogen-bond acceptors (Lipinski definition) is 8. The molecule has 28 heavy (non-hydrogen) atoms. The van der Waals surface area contributed by atoms with Crippen molar-refractivity contribution >= 4 is 35.2 Å². The van der Waals surface area contributed by atoms with E-state index < -0.39 is 0 Å². The summed E-state index contributed by atoms with van der Waals surface area (Å²) in [6, 6.07) is 7.25. The number of nitrogens with zero attached hydrogens (tertiary/aromatic N) is 5. The van der Waals surface area contributed by atoms with Gasteiger partial charge in [0.2, 0.25) is 11.8 Å². The topological polar surface area (TPSA) is 115 Å². The third kappa shape index (κ3) is 5.01. The third-order valence-electron chi connectivity index (χ3n) is 4.19. The lowest BCUT2D eigenvalue weighted by atomic mass is 10.2. The van der Waals surface area contributed by atoms with Crippen LogP contribution in [0.1, 0.15) is 11.3 Å². The molecule has 3 rings (SSSR count). The number of carbonyl (C=O) groups excluding carboxylic acids is 2. The van der Waals surface area contributed by atoms with Crippen molar-refractivity contribution < 1.29 is 14.1 Å². The molecule has 0 aromatic carbocycles. The van der Waals surface area contributed by atoms with Gasteiger partial charge in [-0.1, -0.05) is 5.16 Å². The molecule has 3 heterocycles. The van der Waals surface area contributed by atoms with Crippen LogP contribution < -0.4 is 10.2 Å². The van der Waals surface area contributed by atoms with Gasteiger partial charge in [0.05, 0.1) is 17.1 Å². The lowest BCUT2D eigenvalue weighted by Crippen LogP contribution is -2.49. The molecule has 1 aliphatic rings. The second-order valence-electron chi connectivity index (χ2n) is 6.22. The van der Waals surface area contributed by atoms with Crippen LogP contribution in [0.5, 0.6) is 0 Å². The number of carbonyl (C=O) groups is 2. The molecule has 0 atom stereocenters. The maximum Gasteiger partial charge on any atom is 0.235 e. The fourth-order valence-electron chi connectivity index (χ4n) is 2.83. The molecule has 0 aliphatic carbocycles. The van der Waals surface area contributed by atoms with E-state index >= 15 is 0 Å². The van der Waals surface area contributed by atoms with Gasteiger partial charge in [0, 0.05) is 38.4 Å². The van der Waals surface area contributed by atoms with Crippen molar-refractivity contribution in [3.63, 3.8) is 0 Å². The first-order valence-corrected chi connectivity index (χ1v) is 9.91. The molecule has 1 saturated heterocycles. The first-order valence-electron chi connectivity index (χ1n) is 8.75. The van der Waals surface area contributed by atoms with Gasteiger partial charge in [0.1, 0.15) is 17.6 Å². The normalized spacial score (nSPS) is 13.9. The summed E-state index contributed by atoms with van der Waals surface area (Å²) in [6.45, 7) is 4.10. The highest BCUT2D eigenvalue weighted by molar-refractivity contribution is 8.00. The molecular weight excluding hydrogens is 380 g/mol. The van der Waals surface area contributed by atoms with Crippen LogP contribution in [0.15, 0.2) is 28.9 Å². The zero-order valence-electron chi connectivity index (χ0n) is 15.4. The molecule has 1 N–H and O–H groups in total. The second-order valence-corrected chi connectivity index (χ2v) is 7.20. The maximum absolute atomic E-state index is 12.4. The quantitative estimate of drug-likeness (QED) is 0.771. The van der Waals surface area contributed by atoms with E-state index in [1.807, 2.05) is 4.90 Å². The highest BCUT2D eigenvalue weighted by atomic mass is 32.2. The van der Waals surface area contributed by atoms with Crippen molar-refractivity contribution in [3.8, 4) is 6.07 Å². The van der Waals surface area contributed by atoms with Crippen LogP contribution in [-0.2, 0) is 9.59 Å². The Morgan fingerprint density at radius 1 is 1.32 bits per heavy atom. The molecule has 0 unspecified atom stereocenters. The summed E-state index contributed by atoms with van der Waals surface area (Å²) in [7, 11) is 0. The van der Waals surface area contributed by atoms with E-state index in [0.29, 0.717) is 49.1 Å². The van der Waals surface area contributed by atoms with E-state index in [1.165, 1.54) is 11.8 Å². The molecule has 2 amide bonds. The highest BCUT2D eigenvalue weighted by Crippen LogP contribution is 2.18. The average Bonchev–Trinajstić information content (AvgIpc) is 3.12. The number of thioether (sulfide) groups is 1. The number of rotatable bonds is 6. The van der Waals surface area contributed by atoms with Crippen LogP contribution in [0.3, 0.4) is 0 Å². The molecule has 1 fully saturated rings. The summed E-state index contributed by atoms with van der Waals surface area (Å²) >= 11 is 1.26. The van der Waals surface area contributed by atoms with Crippen LogP contribution >= 0.6 is 11.8 Å². The lowest BCUT2D eigenvalue weighted by Gasteiger charge is -2.35. The van der Waals surface area contributed by atoms with Gasteiger partial charge in [-0.05, 0) is 19.1 Å². The van der Waals surface area contributed by atoms with Gasteiger partial charge < -0.3 is 19.6 Å². The maximum atomic E-state index is 12.4. The summed E-state index contributed by atoms with van der Waals surface area (Å²) in [5.74, 6) is 1.81.